The molecule has 0 atom stereocenters. The van der Waals surface area contributed by atoms with Crippen LogP contribution in [0.15, 0.2) is 22.7 Å². The third-order valence-corrected chi connectivity index (χ3v) is 3.98. The van der Waals surface area contributed by atoms with E-state index in [1.807, 2.05) is 6.92 Å². The van der Waals surface area contributed by atoms with Gasteiger partial charge in [-0.15, -0.1) is 0 Å². The Kier molecular flexibility index (Phi) is 7.64. The molecule has 1 aliphatic rings. The topological polar surface area (TPSA) is 81.1 Å². The van der Waals surface area contributed by atoms with E-state index in [1.165, 1.54) is 24.8 Å². The van der Waals surface area contributed by atoms with Crippen molar-refractivity contribution in [3.8, 4) is 0 Å². The number of allylic oxidation sites excluding steroid dienone is 2. The van der Waals surface area contributed by atoms with Gasteiger partial charge in [0, 0.05) is 22.7 Å². The maximum Gasteiger partial charge on any atom is 0.207 e. The lowest BCUT2D eigenvalue weighted by molar-refractivity contribution is -0.109. The van der Waals surface area contributed by atoms with Crippen LogP contribution in [0.2, 0.25) is 5.02 Å². The van der Waals surface area contributed by atoms with Crippen LogP contribution in [0, 0.1) is 17.6 Å². The molecule has 0 radical (unpaired) electrons. The first-order chi connectivity index (χ1) is 10.4. The van der Waals surface area contributed by atoms with E-state index in [-0.39, 0.29) is 17.1 Å². The maximum atomic E-state index is 13.1. The highest BCUT2D eigenvalue weighted by molar-refractivity contribution is 8.00. The van der Waals surface area contributed by atoms with Gasteiger partial charge in [0.15, 0.2) is 0 Å². The molecule has 1 amide bonds. The summed E-state index contributed by atoms with van der Waals surface area (Å²) in [7, 11) is 0. The van der Waals surface area contributed by atoms with E-state index in [0.717, 1.165) is 22.7 Å². The van der Waals surface area contributed by atoms with Crippen molar-refractivity contribution in [2.24, 2.45) is 16.8 Å². The SMILES string of the molecule is C/C(SN)=C(/N)C1CC1.O=CNCc1c(F)ccc(Cl)c1F. The average molecular weight is 350 g/mol. The van der Waals surface area contributed by atoms with Gasteiger partial charge in [0.25, 0.3) is 0 Å². The van der Waals surface area contributed by atoms with E-state index >= 15 is 0 Å². The molecule has 4 nitrogen and oxygen atoms in total. The second-order valence-corrected chi connectivity index (χ2v) is 5.98. The minimum Gasteiger partial charge on any atom is -0.401 e. The number of amides is 1. The average Bonchev–Trinajstić information content (AvgIpc) is 3.35. The first-order valence-electron chi connectivity index (χ1n) is 6.54. The fourth-order valence-electron chi connectivity index (χ4n) is 1.62. The molecule has 1 saturated carbocycles. The Labute approximate surface area is 137 Å². The van der Waals surface area contributed by atoms with Crippen LogP contribution in [0.4, 0.5) is 8.78 Å². The molecule has 1 aromatic rings. The minimum absolute atomic E-state index is 0.163. The van der Waals surface area contributed by atoms with Gasteiger partial charge in [0.1, 0.15) is 11.6 Å². The van der Waals surface area contributed by atoms with Gasteiger partial charge in [0.2, 0.25) is 6.41 Å². The first-order valence-corrected chi connectivity index (χ1v) is 7.80. The first kappa shape index (κ1) is 18.7. The fourth-order valence-corrected chi connectivity index (χ4v) is 2.10. The molecule has 0 bridgehead atoms. The molecular formula is C14H18ClF2N3OS. The lowest BCUT2D eigenvalue weighted by Crippen LogP contribution is -2.12. The van der Waals surface area contributed by atoms with Crippen LogP contribution in [0.5, 0.6) is 0 Å². The zero-order valence-corrected chi connectivity index (χ0v) is 13.6. The lowest BCUT2D eigenvalue weighted by atomic mass is 10.2. The number of nitrogens with two attached hydrogens (primary N) is 2. The summed E-state index contributed by atoms with van der Waals surface area (Å²) in [6, 6.07) is 2.17. The van der Waals surface area contributed by atoms with Crippen molar-refractivity contribution in [3.63, 3.8) is 0 Å². The molecule has 0 aliphatic heterocycles. The molecule has 22 heavy (non-hydrogen) atoms. The largest absolute Gasteiger partial charge is 0.401 e. The van der Waals surface area contributed by atoms with Crippen LogP contribution in [-0.2, 0) is 11.3 Å². The summed E-state index contributed by atoms with van der Waals surface area (Å²) in [4.78, 5) is 11.0. The summed E-state index contributed by atoms with van der Waals surface area (Å²) >= 11 is 6.66. The van der Waals surface area contributed by atoms with Gasteiger partial charge < -0.3 is 11.1 Å². The Morgan fingerprint density at radius 1 is 1.50 bits per heavy atom. The van der Waals surface area contributed by atoms with E-state index in [1.54, 1.807) is 0 Å². The molecule has 8 heteroatoms. The molecule has 0 unspecified atom stereocenters. The van der Waals surface area contributed by atoms with Crippen molar-refractivity contribution < 1.29 is 13.6 Å². The predicted molar refractivity (Wildman–Crippen MR) is 85.7 cm³/mol. The van der Waals surface area contributed by atoms with Gasteiger partial charge in [-0.1, -0.05) is 23.5 Å². The monoisotopic (exact) mass is 349 g/mol. The van der Waals surface area contributed by atoms with Crippen molar-refractivity contribution in [1.82, 2.24) is 5.32 Å². The molecule has 2 rings (SSSR count). The van der Waals surface area contributed by atoms with Crippen LogP contribution in [0.1, 0.15) is 25.3 Å². The maximum absolute atomic E-state index is 13.1. The van der Waals surface area contributed by atoms with Gasteiger partial charge in [-0.3, -0.25) is 9.93 Å². The summed E-state index contributed by atoms with van der Waals surface area (Å²) < 4.78 is 26.0. The molecule has 1 fully saturated rings. The second kappa shape index (κ2) is 8.97. The predicted octanol–water partition coefficient (Wildman–Crippen LogP) is 3.06. The summed E-state index contributed by atoms with van der Waals surface area (Å²) in [5.41, 5.74) is 6.48. The van der Waals surface area contributed by atoms with E-state index in [2.05, 4.69) is 5.32 Å². The quantitative estimate of drug-likeness (QED) is 0.433. The van der Waals surface area contributed by atoms with Crippen LogP contribution in [0.3, 0.4) is 0 Å². The Hall–Kier alpha value is -1.31. The minimum atomic E-state index is -0.837. The summed E-state index contributed by atoms with van der Waals surface area (Å²) in [6.45, 7) is 1.76. The number of nitrogens with one attached hydrogen (secondary N) is 1. The van der Waals surface area contributed by atoms with Crippen molar-refractivity contribution in [3.05, 3.63) is 45.0 Å². The van der Waals surface area contributed by atoms with Crippen molar-refractivity contribution in [2.45, 2.75) is 26.3 Å². The molecule has 0 aromatic heterocycles. The number of hydrogen-bond acceptors (Lipinski definition) is 4. The van der Waals surface area contributed by atoms with E-state index in [0.29, 0.717) is 12.3 Å². The van der Waals surface area contributed by atoms with Gasteiger partial charge in [-0.25, -0.2) is 8.78 Å². The number of benzene rings is 1. The molecule has 5 N–H and O–H groups in total. The highest BCUT2D eigenvalue weighted by Crippen LogP contribution is 2.36. The Morgan fingerprint density at radius 3 is 2.64 bits per heavy atom. The standard InChI is InChI=1S/C8H6ClF2NO.C6H12N2S/c9-6-1-2-7(10)5(8(6)11)3-12-4-13;1-4(9-8)6(7)5-2-3-5/h1-2,4H,3H2,(H,12,13);5H,2-3,7-8H2,1H3/b;6-4-. The van der Waals surface area contributed by atoms with E-state index < -0.39 is 11.6 Å². The van der Waals surface area contributed by atoms with Crippen LogP contribution in [0.25, 0.3) is 0 Å². The zero-order chi connectivity index (χ0) is 16.7. The lowest BCUT2D eigenvalue weighted by Gasteiger charge is -2.04. The summed E-state index contributed by atoms with van der Waals surface area (Å²) in [5, 5.41) is 7.31. The normalized spacial score (nSPS) is 14.6. The molecule has 0 heterocycles. The zero-order valence-electron chi connectivity index (χ0n) is 12.0. The highest BCUT2D eigenvalue weighted by Gasteiger charge is 2.25. The molecule has 122 valence electrons. The second-order valence-electron chi connectivity index (χ2n) is 4.72. The van der Waals surface area contributed by atoms with Crippen LogP contribution in [-0.4, -0.2) is 6.41 Å². The van der Waals surface area contributed by atoms with Gasteiger partial charge >= 0.3 is 0 Å². The molecule has 1 aliphatic carbocycles. The Morgan fingerprint density at radius 2 is 2.14 bits per heavy atom. The molecule has 0 saturated heterocycles. The van der Waals surface area contributed by atoms with Crippen molar-refractivity contribution in [1.29, 1.82) is 0 Å². The number of rotatable bonds is 5. The number of carbonyl (C=O) groups excluding carboxylic acids is 1. The third kappa shape index (κ3) is 5.47. The molecule has 0 spiro atoms. The Balaban J connectivity index is 0.000000235. The summed E-state index contributed by atoms with van der Waals surface area (Å²) in [6.07, 6.45) is 2.87. The van der Waals surface area contributed by atoms with Gasteiger partial charge in [-0.05, 0) is 37.8 Å². The smallest absolute Gasteiger partial charge is 0.207 e. The van der Waals surface area contributed by atoms with Gasteiger partial charge in [0.05, 0.1) is 5.02 Å². The van der Waals surface area contributed by atoms with Crippen LogP contribution < -0.4 is 16.2 Å². The molecular weight excluding hydrogens is 332 g/mol. The molecule has 1 aromatic carbocycles. The van der Waals surface area contributed by atoms with Crippen molar-refractivity contribution in [2.75, 3.05) is 0 Å². The van der Waals surface area contributed by atoms with Crippen LogP contribution >= 0.6 is 23.5 Å². The summed E-state index contributed by atoms with van der Waals surface area (Å²) in [5.74, 6) is -0.909. The Bertz CT molecular complexity index is 565. The third-order valence-electron chi connectivity index (χ3n) is 3.10. The highest BCUT2D eigenvalue weighted by atomic mass is 35.5. The van der Waals surface area contributed by atoms with Gasteiger partial charge in [-0.2, -0.15) is 0 Å². The van der Waals surface area contributed by atoms with E-state index in [4.69, 9.17) is 22.5 Å². The number of halogens is 3. The fraction of sp³-hybridized carbons (Fsp3) is 0.357. The van der Waals surface area contributed by atoms with Crippen molar-refractivity contribution >= 4 is 30.0 Å². The number of carbonyl (C=O) groups is 1. The number of hydrogen-bond donors (Lipinski definition) is 3. The van der Waals surface area contributed by atoms with E-state index in [9.17, 15) is 13.6 Å².